The van der Waals surface area contributed by atoms with Crippen LogP contribution in [0, 0.1) is 16.0 Å². The molecular weight excluding hydrogens is 326 g/mol. The van der Waals surface area contributed by atoms with E-state index in [1.165, 1.54) is 18.2 Å². The molecule has 1 saturated heterocycles. The van der Waals surface area contributed by atoms with Crippen molar-refractivity contribution in [3.8, 4) is 0 Å². The van der Waals surface area contributed by atoms with Gasteiger partial charge in [0.05, 0.1) is 16.2 Å². The van der Waals surface area contributed by atoms with Crippen molar-refractivity contribution in [3.05, 3.63) is 33.9 Å². The Balaban J connectivity index is 2.08. The number of esters is 1. The van der Waals surface area contributed by atoms with Crippen LogP contribution in [-0.4, -0.2) is 55.5 Å². The molecule has 1 amide bonds. The van der Waals surface area contributed by atoms with E-state index < -0.39 is 10.9 Å². The van der Waals surface area contributed by atoms with Gasteiger partial charge < -0.3 is 14.5 Å². The first-order valence-electron chi connectivity index (χ1n) is 8.20. The Morgan fingerprint density at radius 1 is 1.40 bits per heavy atom. The van der Waals surface area contributed by atoms with Crippen LogP contribution >= 0.6 is 0 Å². The number of nitrogens with zero attached hydrogens (tertiary/aromatic N) is 3. The number of carbonyl (C=O) groups is 2. The summed E-state index contributed by atoms with van der Waals surface area (Å²) >= 11 is 0. The zero-order valence-corrected chi connectivity index (χ0v) is 14.7. The maximum absolute atomic E-state index is 12.4. The van der Waals surface area contributed by atoms with E-state index >= 15 is 0 Å². The average molecular weight is 349 g/mol. The maximum atomic E-state index is 12.4. The van der Waals surface area contributed by atoms with Crippen molar-refractivity contribution in [2.24, 2.45) is 5.92 Å². The highest BCUT2D eigenvalue weighted by molar-refractivity contribution is 5.97. The van der Waals surface area contributed by atoms with E-state index in [2.05, 4.69) is 6.92 Å². The van der Waals surface area contributed by atoms with Crippen LogP contribution in [0.4, 0.5) is 11.4 Å². The van der Waals surface area contributed by atoms with Gasteiger partial charge in [0.25, 0.3) is 11.6 Å². The number of ether oxygens (including phenoxy) is 1. The van der Waals surface area contributed by atoms with Gasteiger partial charge in [0.1, 0.15) is 0 Å². The maximum Gasteiger partial charge on any atom is 0.341 e. The van der Waals surface area contributed by atoms with Crippen molar-refractivity contribution >= 4 is 23.3 Å². The second-order valence-electron chi connectivity index (χ2n) is 6.52. The van der Waals surface area contributed by atoms with Gasteiger partial charge in [0.2, 0.25) is 0 Å². The number of carbonyl (C=O) groups excluding carboxylic acids is 2. The fraction of sp³-hybridized carbons (Fsp3) is 0.529. The lowest BCUT2D eigenvalue weighted by Gasteiger charge is -2.30. The summed E-state index contributed by atoms with van der Waals surface area (Å²) in [4.78, 5) is 38.3. The molecular formula is C17H23N3O5. The summed E-state index contributed by atoms with van der Waals surface area (Å²) in [5, 5.41) is 10.9. The summed E-state index contributed by atoms with van der Waals surface area (Å²) in [5.74, 6) is -0.548. The number of hydrogen-bond acceptors (Lipinski definition) is 6. The molecule has 1 aliphatic heterocycles. The van der Waals surface area contributed by atoms with Crippen molar-refractivity contribution in [1.29, 1.82) is 0 Å². The molecule has 0 aliphatic carbocycles. The lowest BCUT2D eigenvalue weighted by Crippen LogP contribution is -2.41. The summed E-state index contributed by atoms with van der Waals surface area (Å²) in [5.41, 5.74) is 0.363. The van der Waals surface area contributed by atoms with Crippen LogP contribution in [0.5, 0.6) is 0 Å². The average Bonchev–Trinajstić information content (AvgIpc) is 2.58. The number of amides is 1. The minimum Gasteiger partial charge on any atom is -0.452 e. The Morgan fingerprint density at radius 2 is 2.12 bits per heavy atom. The Bertz CT molecular complexity index is 674. The molecule has 1 heterocycles. The lowest BCUT2D eigenvalue weighted by atomic mass is 10.0. The molecule has 1 fully saturated rings. The molecule has 1 aromatic carbocycles. The van der Waals surface area contributed by atoms with Crippen molar-refractivity contribution < 1.29 is 19.2 Å². The molecule has 0 radical (unpaired) electrons. The highest BCUT2D eigenvalue weighted by Gasteiger charge is 2.24. The van der Waals surface area contributed by atoms with Crippen molar-refractivity contribution in [2.45, 2.75) is 19.8 Å². The summed E-state index contributed by atoms with van der Waals surface area (Å²) in [6.07, 6.45) is 2.03. The quantitative estimate of drug-likeness (QED) is 0.459. The fourth-order valence-electron chi connectivity index (χ4n) is 2.90. The molecule has 1 aliphatic rings. The van der Waals surface area contributed by atoms with Crippen LogP contribution in [0.3, 0.4) is 0 Å². The Hall–Kier alpha value is -2.64. The number of anilines is 1. The smallest absolute Gasteiger partial charge is 0.341 e. The largest absolute Gasteiger partial charge is 0.452 e. The first kappa shape index (κ1) is 18.7. The van der Waals surface area contributed by atoms with E-state index in [4.69, 9.17) is 4.74 Å². The Labute approximate surface area is 146 Å². The molecule has 0 bridgehead atoms. The van der Waals surface area contributed by atoms with Gasteiger partial charge in [0.15, 0.2) is 6.61 Å². The molecule has 1 atom stereocenters. The number of benzene rings is 1. The second kappa shape index (κ2) is 7.96. The van der Waals surface area contributed by atoms with Crippen LogP contribution in [0.1, 0.15) is 30.1 Å². The summed E-state index contributed by atoms with van der Waals surface area (Å²) in [6.45, 7) is 3.05. The Kier molecular flexibility index (Phi) is 5.95. The van der Waals surface area contributed by atoms with Crippen molar-refractivity contribution in [3.63, 3.8) is 0 Å². The fourth-order valence-corrected chi connectivity index (χ4v) is 2.90. The highest BCUT2D eigenvalue weighted by atomic mass is 16.6. The Morgan fingerprint density at radius 3 is 2.72 bits per heavy atom. The third-order valence-corrected chi connectivity index (χ3v) is 4.23. The van der Waals surface area contributed by atoms with Crippen LogP contribution in [0.25, 0.3) is 0 Å². The first-order chi connectivity index (χ1) is 11.8. The zero-order valence-electron chi connectivity index (χ0n) is 14.7. The van der Waals surface area contributed by atoms with Gasteiger partial charge in [-0.3, -0.25) is 14.9 Å². The molecule has 0 saturated carbocycles. The molecule has 25 heavy (non-hydrogen) atoms. The van der Waals surface area contributed by atoms with E-state index in [9.17, 15) is 19.7 Å². The topological polar surface area (TPSA) is 93.0 Å². The van der Waals surface area contributed by atoms with Crippen molar-refractivity contribution in [1.82, 2.24) is 4.90 Å². The SMILES string of the molecule is C[C@@H]1CCCN(C(=O)COC(=O)c2cc([N+](=O)[O-])ccc2N(C)C)C1. The number of hydrogen-bond donors (Lipinski definition) is 0. The number of likely N-dealkylation sites (tertiary alicyclic amines) is 1. The van der Waals surface area contributed by atoms with Gasteiger partial charge in [-0.25, -0.2) is 4.79 Å². The predicted octanol–water partition coefficient (Wildman–Crippen LogP) is 2.08. The molecule has 136 valence electrons. The van der Waals surface area contributed by atoms with Gasteiger partial charge in [-0.1, -0.05) is 6.92 Å². The zero-order chi connectivity index (χ0) is 18.6. The van der Waals surface area contributed by atoms with Gasteiger partial charge in [-0.05, 0) is 24.8 Å². The predicted molar refractivity (Wildman–Crippen MR) is 92.7 cm³/mol. The van der Waals surface area contributed by atoms with Crippen LogP contribution < -0.4 is 4.90 Å². The van der Waals surface area contributed by atoms with Gasteiger partial charge >= 0.3 is 5.97 Å². The van der Waals surface area contributed by atoms with Crippen LogP contribution in [0.2, 0.25) is 0 Å². The van der Waals surface area contributed by atoms with E-state index in [0.717, 1.165) is 12.8 Å². The van der Waals surface area contributed by atoms with E-state index in [0.29, 0.717) is 24.7 Å². The van der Waals surface area contributed by atoms with Gasteiger partial charge in [0, 0.05) is 39.3 Å². The molecule has 8 nitrogen and oxygen atoms in total. The number of non-ortho nitro benzene ring substituents is 1. The van der Waals surface area contributed by atoms with E-state index in [-0.39, 0.29) is 23.8 Å². The third kappa shape index (κ3) is 4.68. The normalized spacial score (nSPS) is 17.1. The van der Waals surface area contributed by atoms with Gasteiger partial charge in [-0.15, -0.1) is 0 Å². The molecule has 0 spiro atoms. The minimum atomic E-state index is -0.745. The minimum absolute atomic E-state index is 0.0685. The number of rotatable bonds is 5. The van der Waals surface area contributed by atoms with Crippen molar-refractivity contribution in [2.75, 3.05) is 38.7 Å². The number of piperidine rings is 1. The van der Waals surface area contributed by atoms with E-state index in [1.54, 1.807) is 23.9 Å². The summed E-state index contributed by atoms with van der Waals surface area (Å²) in [6, 6.07) is 3.99. The third-order valence-electron chi connectivity index (χ3n) is 4.23. The highest BCUT2D eigenvalue weighted by Crippen LogP contribution is 2.25. The second-order valence-corrected chi connectivity index (χ2v) is 6.52. The van der Waals surface area contributed by atoms with Gasteiger partial charge in [-0.2, -0.15) is 0 Å². The number of nitro groups is 1. The first-order valence-corrected chi connectivity index (χ1v) is 8.20. The van der Waals surface area contributed by atoms with Crippen LogP contribution in [-0.2, 0) is 9.53 Å². The van der Waals surface area contributed by atoms with Crippen LogP contribution in [0.15, 0.2) is 18.2 Å². The monoisotopic (exact) mass is 349 g/mol. The standard InChI is InChI=1S/C17H23N3O5/c1-12-5-4-8-19(10-12)16(21)11-25-17(22)14-9-13(20(23)24)6-7-15(14)18(2)3/h6-7,9,12H,4-5,8,10-11H2,1-3H3/t12-/m1/s1. The lowest BCUT2D eigenvalue weighted by molar-refractivity contribution is -0.384. The summed E-state index contributed by atoms with van der Waals surface area (Å²) < 4.78 is 5.12. The molecule has 0 aromatic heterocycles. The number of nitro benzene ring substituents is 1. The molecule has 8 heteroatoms. The molecule has 0 N–H and O–H groups in total. The molecule has 1 aromatic rings. The van der Waals surface area contributed by atoms with E-state index in [1.807, 2.05) is 0 Å². The molecule has 0 unspecified atom stereocenters. The summed E-state index contributed by atoms with van der Waals surface area (Å²) in [7, 11) is 3.44. The molecule has 2 rings (SSSR count).